The summed E-state index contributed by atoms with van der Waals surface area (Å²) in [6.07, 6.45) is 43.2. The Hall–Kier alpha value is -1.94. The van der Waals surface area contributed by atoms with Crippen LogP contribution in [0.3, 0.4) is 0 Å². The van der Waals surface area contributed by atoms with Gasteiger partial charge in [0.15, 0.2) is 12.2 Å². The average molecular weight is 1270 g/mol. The smallest absolute Gasteiger partial charge is 0.462 e. The minimum Gasteiger partial charge on any atom is -0.462 e. The highest BCUT2D eigenvalue weighted by Crippen LogP contribution is 2.45. The van der Waals surface area contributed by atoms with Gasteiger partial charge in [0.05, 0.1) is 26.4 Å². The van der Waals surface area contributed by atoms with Crippen molar-refractivity contribution in [2.24, 2.45) is 11.8 Å². The topological polar surface area (TPSA) is 237 Å². The zero-order chi connectivity index (χ0) is 63.6. The van der Waals surface area contributed by atoms with E-state index >= 15 is 0 Å². The van der Waals surface area contributed by atoms with Gasteiger partial charge in [-0.15, -0.1) is 0 Å². The Kier molecular flexibility index (Phi) is 58.0. The molecule has 0 aliphatic carbocycles. The van der Waals surface area contributed by atoms with Gasteiger partial charge in [-0.3, -0.25) is 37.3 Å². The number of esters is 4. The fraction of sp³-hybridized carbons (Fsp3) is 0.940. The second kappa shape index (κ2) is 59.4. The zero-order valence-corrected chi connectivity index (χ0v) is 57.4. The van der Waals surface area contributed by atoms with E-state index in [9.17, 15) is 43.2 Å². The van der Waals surface area contributed by atoms with Gasteiger partial charge in [-0.1, -0.05) is 286 Å². The molecule has 19 heteroatoms. The zero-order valence-electron chi connectivity index (χ0n) is 55.6. The Bertz CT molecular complexity index is 1680. The molecule has 3 N–H and O–H groups in total. The number of aliphatic hydroxyl groups is 1. The predicted octanol–water partition coefficient (Wildman–Crippen LogP) is 18.8. The van der Waals surface area contributed by atoms with E-state index in [-0.39, 0.29) is 25.7 Å². The highest BCUT2D eigenvalue weighted by atomic mass is 31.2. The molecule has 17 nitrogen and oxygen atoms in total. The third-order valence-corrected chi connectivity index (χ3v) is 17.4. The van der Waals surface area contributed by atoms with E-state index in [1.165, 1.54) is 148 Å². The maximum atomic E-state index is 13.0. The molecule has 0 amide bonds. The first-order chi connectivity index (χ1) is 41.4. The molecule has 2 unspecified atom stereocenters. The standard InChI is InChI=1S/C67H130O17P2/c1-7-9-11-13-15-17-19-20-21-22-23-24-26-32-40-46-52-67(72)83-62(55-77-64(69)49-43-37-30-28-27-29-35-41-47-59(3)4)57-81-85(73,74)79-53-61(68)54-80-86(75,76)82-58-63(56-78-65(70)50-44-38-34-33-36-42-48-60(5)6)84-66(71)51-45-39-31-25-18-16-14-12-10-8-2/h59-63,68H,7-58H2,1-6H3,(H,73,74)(H,75,76)/t61-,62-,63-/m1/s1. The second-order valence-corrected chi connectivity index (χ2v) is 28.1. The number of hydrogen-bond donors (Lipinski definition) is 3. The summed E-state index contributed by atoms with van der Waals surface area (Å²) in [5.41, 5.74) is 0. The highest BCUT2D eigenvalue weighted by molar-refractivity contribution is 7.47. The molecule has 0 bridgehead atoms. The van der Waals surface area contributed by atoms with E-state index in [1.807, 2.05) is 0 Å². The Morgan fingerprint density at radius 1 is 0.314 bits per heavy atom. The quantitative estimate of drug-likeness (QED) is 0.0222. The van der Waals surface area contributed by atoms with Crippen LogP contribution in [0.25, 0.3) is 0 Å². The van der Waals surface area contributed by atoms with Gasteiger partial charge >= 0.3 is 39.5 Å². The molecule has 0 rings (SSSR count). The minimum atomic E-state index is -4.95. The number of unbranched alkanes of at least 4 members (excludes halogenated alkanes) is 36. The molecular formula is C67H130O17P2. The number of aliphatic hydroxyl groups excluding tert-OH is 1. The summed E-state index contributed by atoms with van der Waals surface area (Å²) >= 11 is 0. The van der Waals surface area contributed by atoms with Crippen LogP contribution in [-0.4, -0.2) is 96.7 Å². The number of phosphoric ester groups is 2. The van der Waals surface area contributed by atoms with Crippen molar-refractivity contribution >= 4 is 39.5 Å². The van der Waals surface area contributed by atoms with Gasteiger partial charge in [0.25, 0.3) is 0 Å². The van der Waals surface area contributed by atoms with Crippen molar-refractivity contribution in [2.45, 2.75) is 355 Å². The molecule has 0 spiro atoms. The van der Waals surface area contributed by atoms with E-state index in [0.717, 1.165) is 102 Å². The summed E-state index contributed by atoms with van der Waals surface area (Å²) in [6.45, 7) is 9.40. The van der Waals surface area contributed by atoms with Crippen LogP contribution < -0.4 is 0 Å². The van der Waals surface area contributed by atoms with Crippen LogP contribution >= 0.6 is 15.6 Å². The van der Waals surface area contributed by atoms with Crippen LogP contribution in [0.2, 0.25) is 0 Å². The molecule has 86 heavy (non-hydrogen) atoms. The minimum absolute atomic E-state index is 0.105. The van der Waals surface area contributed by atoms with Crippen molar-refractivity contribution in [2.75, 3.05) is 39.6 Å². The van der Waals surface area contributed by atoms with Crippen molar-refractivity contribution in [3.05, 3.63) is 0 Å². The van der Waals surface area contributed by atoms with Crippen molar-refractivity contribution in [3.8, 4) is 0 Å². The van der Waals surface area contributed by atoms with Crippen LogP contribution in [0.1, 0.15) is 337 Å². The van der Waals surface area contributed by atoms with Crippen LogP contribution in [0, 0.1) is 11.8 Å². The van der Waals surface area contributed by atoms with Gasteiger partial charge in [0.2, 0.25) is 0 Å². The summed E-state index contributed by atoms with van der Waals surface area (Å²) in [5.74, 6) is -0.725. The lowest BCUT2D eigenvalue weighted by Gasteiger charge is -2.21. The largest absolute Gasteiger partial charge is 0.472 e. The first-order valence-electron chi connectivity index (χ1n) is 35.0. The Labute approximate surface area is 524 Å². The van der Waals surface area contributed by atoms with Gasteiger partial charge in [-0.25, -0.2) is 9.13 Å². The van der Waals surface area contributed by atoms with E-state index < -0.39 is 97.5 Å². The van der Waals surface area contributed by atoms with Crippen molar-refractivity contribution in [3.63, 3.8) is 0 Å². The summed E-state index contributed by atoms with van der Waals surface area (Å²) in [4.78, 5) is 72.3. The number of hydrogen-bond acceptors (Lipinski definition) is 15. The van der Waals surface area contributed by atoms with Crippen molar-refractivity contribution in [1.82, 2.24) is 0 Å². The number of carbonyl (C=O) groups excluding carboxylic acids is 4. The van der Waals surface area contributed by atoms with Crippen LogP contribution in [0.4, 0.5) is 0 Å². The Balaban J connectivity index is 5.22. The highest BCUT2D eigenvalue weighted by Gasteiger charge is 2.30. The van der Waals surface area contributed by atoms with Gasteiger partial charge in [-0.2, -0.15) is 0 Å². The average Bonchev–Trinajstić information content (AvgIpc) is 3.52. The first kappa shape index (κ1) is 84.1. The summed E-state index contributed by atoms with van der Waals surface area (Å²) in [7, 11) is -9.89. The molecule has 0 saturated carbocycles. The molecule has 0 aliphatic heterocycles. The summed E-state index contributed by atoms with van der Waals surface area (Å²) in [5, 5.41) is 10.6. The van der Waals surface area contributed by atoms with Crippen molar-refractivity contribution in [1.29, 1.82) is 0 Å². The Morgan fingerprint density at radius 2 is 0.535 bits per heavy atom. The molecule has 0 fully saturated rings. The summed E-state index contributed by atoms with van der Waals surface area (Å²) < 4.78 is 68.1. The molecule has 0 aliphatic rings. The SMILES string of the molecule is CCCCCCCCCCCCCCCCCCC(=O)O[C@H](COC(=O)CCCCCCCCCCC(C)C)COP(=O)(O)OC[C@@H](O)COP(=O)(O)OC[C@@H](COC(=O)CCCCCCCCC(C)C)OC(=O)CCCCCCCCCCCC. The summed E-state index contributed by atoms with van der Waals surface area (Å²) in [6, 6.07) is 0. The number of ether oxygens (including phenoxy) is 4. The monoisotopic (exact) mass is 1270 g/mol. The molecule has 0 radical (unpaired) electrons. The number of phosphoric acid groups is 2. The van der Waals surface area contributed by atoms with E-state index in [4.69, 9.17) is 37.0 Å². The predicted molar refractivity (Wildman–Crippen MR) is 345 cm³/mol. The Morgan fingerprint density at radius 3 is 0.791 bits per heavy atom. The first-order valence-corrected chi connectivity index (χ1v) is 38.0. The molecule has 5 atom stereocenters. The lowest BCUT2D eigenvalue weighted by molar-refractivity contribution is -0.161. The normalized spacial score (nSPS) is 14.2. The van der Waals surface area contributed by atoms with E-state index in [0.29, 0.717) is 31.6 Å². The van der Waals surface area contributed by atoms with Gasteiger partial charge in [0.1, 0.15) is 19.3 Å². The maximum absolute atomic E-state index is 13.0. The molecule has 0 heterocycles. The molecule has 0 aromatic heterocycles. The number of carbonyl (C=O) groups is 4. The second-order valence-electron chi connectivity index (χ2n) is 25.2. The molecule has 0 saturated heterocycles. The maximum Gasteiger partial charge on any atom is 0.472 e. The van der Waals surface area contributed by atoms with Gasteiger partial charge in [0, 0.05) is 25.7 Å². The molecule has 0 aromatic carbocycles. The lowest BCUT2D eigenvalue weighted by atomic mass is 10.0. The van der Waals surface area contributed by atoms with Crippen LogP contribution in [0.15, 0.2) is 0 Å². The lowest BCUT2D eigenvalue weighted by Crippen LogP contribution is -2.30. The van der Waals surface area contributed by atoms with Crippen LogP contribution in [0.5, 0.6) is 0 Å². The fourth-order valence-corrected chi connectivity index (χ4v) is 11.6. The van der Waals surface area contributed by atoms with Gasteiger partial charge in [-0.05, 0) is 37.5 Å². The molecular weight excluding hydrogens is 1140 g/mol. The molecule has 0 aromatic rings. The van der Waals surface area contributed by atoms with Crippen molar-refractivity contribution < 1.29 is 80.2 Å². The van der Waals surface area contributed by atoms with E-state index in [2.05, 4.69) is 41.5 Å². The third-order valence-electron chi connectivity index (χ3n) is 15.5. The van der Waals surface area contributed by atoms with Crippen LogP contribution in [-0.2, 0) is 65.4 Å². The fourth-order valence-electron chi connectivity index (χ4n) is 10.1. The number of rotatable bonds is 66. The van der Waals surface area contributed by atoms with Gasteiger partial charge < -0.3 is 33.8 Å². The molecule has 510 valence electrons. The third kappa shape index (κ3) is 60.9. The van der Waals surface area contributed by atoms with E-state index in [1.54, 1.807) is 0 Å².